The van der Waals surface area contributed by atoms with Crippen LogP contribution in [0.15, 0.2) is 30.3 Å². The molecule has 1 rings (SSSR count). The third-order valence-electron chi connectivity index (χ3n) is 3.18. The summed E-state index contributed by atoms with van der Waals surface area (Å²) >= 11 is 0. The van der Waals surface area contributed by atoms with Crippen molar-refractivity contribution < 1.29 is 33.9 Å². The van der Waals surface area contributed by atoms with Gasteiger partial charge in [0.15, 0.2) is 0 Å². The molecule has 1 aromatic rings. The van der Waals surface area contributed by atoms with Crippen LogP contribution in [0.4, 0.5) is 0 Å². The molecule has 0 aliphatic heterocycles. The number of rotatable bonds is 17. The van der Waals surface area contributed by atoms with Crippen molar-refractivity contribution in [1.82, 2.24) is 0 Å². The number of ether oxygens (including phenoxy) is 5. The monoisotopic (exact) mass is 358 g/mol. The molecule has 144 valence electrons. The summed E-state index contributed by atoms with van der Waals surface area (Å²) < 4.78 is 26.4. The summed E-state index contributed by atoms with van der Waals surface area (Å²) in [5.74, 6) is 0. The van der Waals surface area contributed by atoms with E-state index in [0.29, 0.717) is 59.5 Å². The van der Waals surface area contributed by atoms with Gasteiger partial charge in [-0.05, 0) is 5.56 Å². The topological polar surface area (TPSA) is 86.6 Å². The highest BCUT2D eigenvalue weighted by molar-refractivity contribution is 5.17. The lowest BCUT2D eigenvalue weighted by molar-refractivity contribution is -0.0223. The average Bonchev–Trinajstić information content (AvgIpc) is 2.65. The van der Waals surface area contributed by atoms with Crippen LogP contribution >= 0.6 is 0 Å². The maximum atomic E-state index is 9.91. The SMILES string of the molecule is OCCOCCOCCOCCOCCOCC(O)c1ccccc1. The Morgan fingerprint density at radius 3 is 1.56 bits per heavy atom. The molecule has 0 fully saturated rings. The number of aliphatic hydroxyl groups is 2. The van der Waals surface area contributed by atoms with E-state index in [1.54, 1.807) is 0 Å². The summed E-state index contributed by atoms with van der Waals surface area (Å²) in [5, 5.41) is 18.4. The van der Waals surface area contributed by atoms with Crippen LogP contribution in [0.3, 0.4) is 0 Å². The summed E-state index contributed by atoms with van der Waals surface area (Å²) in [6.45, 7) is 4.48. The Kier molecular flexibility index (Phi) is 14.4. The summed E-state index contributed by atoms with van der Waals surface area (Å²) in [4.78, 5) is 0. The van der Waals surface area contributed by atoms with Crippen LogP contribution in [0.1, 0.15) is 11.7 Å². The maximum Gasteiger partial charge on any atom is 0.102 e. The molecule has 0 spiro atoms. The summed E-state index contributed by atoms with van der Waals surface area (Å²) in [6.07, 6.45) is -0.612. The van der Waals surface area contributed by atoms with Gasteiger partial charge in [0.1, 0.15) is 6.10 Å². The fourth-order valence-corrected chi connectivity index (χ4v) is 1.91. The highest BCUT2D eigenvalue weighted by atomic mass is 16.6. The standard InChI is InChI=1S/C18H30O7/c19-6-7-21-8-9-22-10-11-23-12-13-24-14-15-25-16-18(20)17-4-2-1-3-5-17/h1-5,18-20H,6-16H2. The van der Waals surface area contributed by atoms with Gasteiger partial charge in [-0.15, -0.1) is 0 Å². The Hall–Kier alpha value is -1.06. The molecule has 0 radical (unpaired) electrons. The molecule has 0 heterocycles. The van der Waals surface area contributed by atoms with Crippen molar-refractivity contribution in [2.75, 3.05) is 72.7 Å². The van der Waals surface area contributed by atoms with Crippen LogP contribution in [-0.2, 0) is 23.7 Å². The summed E-state index contributed by atoms with van der Waals surface area (Å²) in [6, 6.07) is 9.42. The second-order valence-electron chi connectivity index (χ2n) is 5.17. The van der Waals surface area contributed by atoms with E-state index in [1.165, 1.54) is 0 Å². The molecule has 0 aliphatic carbocycles. The molecule has 0 aliphatic rings. The van der Waals surface area contributed by atoms with Gasteiger partial charge in [0.05, 0.1) is 72.7 Å². The highest BCUT2D eigenvalue weighted by Crippen LogP contribution is 2.11. The Morgan fingerprint density at radius 1 is 0.640 bits per heavy atom. The first kappa shape index (κ1) is 22.0. The average molecular weight is 358 g/mol. The fourth-order valence-electron chi connectivity index (χ4n) is 1.91. The number of benzene rings is 1. The summed E-state index contributed by atoms with van der Waals surface area (Å²) in [7, 11) is 0. The molecule has 2 N–H and O–H groups in total. The van der Waals surface area contributed by atoms with Crippen molar-refractivity contribution in [3.05, 3.63) is 35.9 Å². The van der Waals surface area contributed by atoms with Gasteiger partial charge in [-0.2, -0.15) is 0 Å². The number of aliphatic hydroxyl groups excluding tert-OH is 2. The van der Waals surface area contributed by atoms with Crippen molar-refractivity contribution in [2.24, 2.45) is 0 Å². The van der Waals surface area contributed by atoms with Gasteiger partial charge < -0.3 is 33.9 Å². The molecule has 0 saturated heterocycles. The smallest absolute Gasteiger partial charge is 0.102 e. The minimum atomic E-state index is -0.612. The van der Waals surface area contributed by atoms with E-state index >= 15 is 0 Å². The predicted octanol–water partition coefficient (Wildman–Crippen LogP) is 0.795. The molecule has 0 amide bonds. The highest BCUT2D eigenvalue weighted by Gasteiger charge is 2.06. The third-order valence-corrected chi connectivity index (χ3v) is 3.18. The van der Waals surface area contributed by atoms with Crippen molar-refractivity contribution >= 4 is 0 Å². The van der Waals surface area contributed by atoms with Gasteiger partial charge >= 0.3 is 0 Å². The second kappa shape index (κ2) is 16.4. The van der Waals surface area contributed by atoms with Crippen molar-refractivity contribution in [3.8, 4) is 0 Å². The molecule has 0 bridgehead atoms. The lowest BCUT2D eigenvalue weighted by Gasteiger charge is -2.11. The van der Waals surface area contributed by atoms with Crippen LogP contribution in [-0.4, -0.2) is 82.9 Å². The zero-order valence-electron chi connectivity index (χ0n) is 14.7. The van der Waals surface area contributed by atoms with Crippen LogP contribution in [0.2, 0.25) is 0 Å². The molecule has 7 nitrogen and oxygen atoms in total. The Bertz CT molecular complexity index is 388. The maximum absolute atomic E-state index is 9.91. The van der Waals surface area contributed by atoms with Gasteiger partial charge in [0.25, 0.3) is 0 Å². The number of hydrogen-bond donors (Lipinski definition) is 2. The van der Waals surface area contributed by atoms with E-state index < -0.39 is 6.10 Å². The van der Waals surface area contributed by atoms with Crippen LogP contribution < -0.4 is 0 Å². The normalized spacial score (nSPS) is 12.4. The first-order valence-electron chi connectivity index (χ1n) is 8.57. The van der Waals surface area contributed by atoms with E-state index in [2.05, 4.69) is 0 Å². The fraction of sp³-hybridized carbons (Fsp3) is 0.667. The minimum absolute atomic E-state index is 0.0295. The van der Waals surface area contributed by atoms with Gasteiger partial charge in [0, 0.05) is 0 Å². The van der Waals surface area contributed by atoms with E-state index in [4.69, 9.17) is 28.8 Å². The van der Waals surface area contributed by atoms with Crippen molar-refractivity contribution in [1.29, 1.82) is 0 Å². The van der Waals surface area contributed by atoms with Crippen LogP contribution in [0, 0.1) is 0 Å². The van der Waals surface area contributed by atoms with Gasteiger partial charge in [-0.1, -0.05) is 30.3 Å². The number of hydrogen-bond acceptors (Lipinski definition) is 7. The molecule has 1 aromatic carbocycles. The zero-order chi connectivity index (χ0) is 18.0. The molecular weight excluding hydrogens is 328 g/mol. The lowest BCUT2D eigenvalue weighted by atomic mass is 10.1. The molecule has 1 atom stereocenters. The predicted molar refractivity (Wildman–Crippen MR) is 92.6 cm³/mol. The van der Waals surface area contributed by atoms with Crippen molar-refractivity contribution in [2.45, 2.75) is 6.10 Å². The van der Waals surface area contributed by atoms with Crippen molar-refractivity contribution in [3.63, 3.8) is 0 Å². The van der Waals surface area contributed by atoms with E-state index in [1.807, 2.05) is 30.3 Å². The molecular formula is C18H30O7. The second-order valence-corrected chi connectivity index (χ2v) is 5.17. The molecule has 0 aromatic heterocycles. The molecule has 1 unspecified atom stereocenters. The summed E-state index contributed by atoms with van der Waals surface area (Å²) in [5.41, 5.74) is 0.846. The van der Waals surface area contributed by atoms with Gasteiger partial charge in [-0.25, -0.2) is 0 Å². The van der Waals surface area contributed by atoms with Gasteiger partial charge in [-0.3, -0.25) is 0 Å². The van der Waals surface area contributed by atoms with E-state index in [0.717, 1.165) is 5.56 Å². The lowest BCUT2D eigenvalue weighted by Crippen LogP contribution is -2.14. The minimum Gasteiger partial charge on any atom is -0.394 e. The molecule has 7 heteroatoms. The quantitative estimate of drug-likeness (QED) is 0.398. The van der Waals surface area contributed by atoms with E-state index in [-0.39, 0.29) is 13.2 Å². The first-order valence-corrected chi connectivity index (χ1v) is 8.57. The first-order chi connectivity index (χ1) is 12.3. The van der Waals surface area contributed by atoms with Crippen LogP contribution in [0.25, 0.3) is 0 Å². The largest absolute Gasteiger partial charge is 0.394 e. The van der Waals surface area contributed by atoms with Crippen LogP contribution in [0.5, 0.6) is 0 Å². The zero-order valence-corrected chi connectivity index (χ0v) is 14.7. The third kappa shape index (κ3) is 12.9. The van der Waals surface area contributed by atoms with Gasteiger partial charge in [0.2, 0.25) is 0 Å². The Morgan fingerprint density at radius 2 is 1.08 bits per heavy atom. The Labute approximate surface area is 149 Å². The Balaban J connectivity index is 1.77. The van der Waals surface area contributed by atoms with E-state index in [9.17, 15) is 5.11 Å². The molecule has 25 heavy (non-hydrogen) atoms. The molecule has 0 saturated carbocycles.